The van der Waals surface area contributed by atoms with E-state index in [0.717, 1.165) is 0 Å². The predicted octanol–water partition coefficient (Wildman–Crippen LogP) is 2.17. The molecule has 0 rings (SSSR count). The van der Waals surface area contributed by atoms with E-state index in [0.29, 0.717) is 6.54 Å². The molecule has 74 valence electrons. The van der Waals surface area contributed by atoms with Crippen LogP contribution in [0.1, 0.15) is 41.5 Å². The Morgan fingerprint density at radius 3 is 1.58 bits per heavy atom. The molecule has 0 aliphatic rings. The van der Waals surface area contributed by atoms with Gasteiger partial charge in [0, 0.05) is 6.54 Å². The van der Waals surface area contributed by atoms with Crippen molar-refractivity contribution in [1.82, 2.24) is 0 Å². The summed E-state index contributed by atoms with van der Waals surface area (Å²) in [6, 6.07) is 0. The van der Waals surface area contributed by atoms with Gasteiger partial charge in [-0.05, 0) is 26.2 Å². The first kappa shape index (κ1) is 11.9. The zero-order valence-electron chi connectivity index (χ0n) is 9.27. The van der Waals surface area contributed by atoms with E-state index < -0.39 is 0 Å². The van der Waals surface area contributed by atoms with Crippen molar-refractivity contribution in [3.05, 3.63) is 0 Å². The lowest BCUT2D eigenvalue weighted by Crippen LogP contribution is -2.41. The van der Waals surface area contributed by atoms with Crippen LogP contribution in [0.25, 0.3) is 0 Å². The Labute approximate surface area is 76.5 Å². The monoisotopic (exact) mass is 173 g/mol. The van der Waals surface area contributed by atoms with Crippen LogP contribution in [-0.4, -0.2) is 18.2 Å². The van der Waals surface area contributed by atoms with Crippen molar-refractivity contribution >= 4 is 0 Å². The fourth-order valence-corrected chi connectivity index (χ4v) is 1.01. The van der Waals surface area contributed by atoms with Crippen molar-refractivity contribution < 1.29 is 4.74 Å². The van der Waals surface area contributed by atoms with Crippen molar-refractivity contribution in [3.8, 4) is 0 Å². The maximum Gasteiger partial charge on any atom is 0.0752 e. The van der Waals surface area contributed by atoms with E-state index in [-0.39, 0.29) is 17.1 Å². The van der Waals surface area contributed by atoms with Gasteiger partial charge in [-0.2, -0.15) is 0 Å². The van der Waals surface area contributed by atoms with Gasteiger partial charge in [0.1, 0.15) is 0 Å². The maximum atomic E-state index is 5.83. The van der Waals surface area contributed by atoms with Crippen LogP contribution >= 0.6 is 0 Å². The number of rotatable bonds is 2. The normalized spacial score (nSPS) is 16.2. The first-order valence-electron chi connectivity index (χ1n) is 4.54. The molecule has 0 radical (unpaired) electrons. The lowest BCUT2D eigenvalue weighted by Gasteiger charge is -2.35. The molecule has 0 heterocycles. The molecule has 0 bridgehead atoms. The molecule has 1 atom stereocenters. The summed E-state index contributed by atoms with van der Waals surface area (Å²) in [4.78, 5) is 0. The smallest absolute Gasteiger partial charge is 0.0752 e. The van der Waals surface area contributed by atoms with E-state index in [9.17, 15) is 0 Å². The standard InChI is InChI=1S/C10H23NO/c1-9(2,3)8(7-11)12-10(4,5)6/h8H,7,11H2,1-6H3. The summed E-state index contributed by atoms with van der Waals surface area (Å²) in [6.45, 7) is 13.2. The second kappa shape index (κ2) is 3.75. The van der Waals surface area contributed by atoms with Gasteiger partial charge in [0.2, 0.25) is 0 Å². The van der Waals surface area contributed by atoms with Crippen LogP contribution in [0.15, 0.2) is 0 Å². The van der Waals surface area contributed by atoms with Gasteiger partial charge in [0.25, 0.3) is 0 Å². The Kier molecular flexibility index (Phi) is 3.73. The third-order valence-corrected chi connectivity index (χ3v) is 1.68. The quantitative estimate of drug-likeness (QED) is 0.694. The Balaban J connectivity index is 4.20. The topological polar surface area (TPSA) is 35.2 Å². The van der Waals surface area contributed by atoms with Gasteiger partial charge in [-0.1, -0.05) is 20.8 Å². The lowest BCUT2D eigenvalue weighted by molar-refractivity contribution is -0.0992. The zero-order chi connectivity index (χ0) is 9.99. The summed E-state index contributed by atoms with van der Waals surface area (Å²) in [5.41, 5.74) is 5.67. The molecule has 0 fully saturated rings. The molecule has 0 aromatic heterocycles. The number of nitrogens with two attached hydrogens (primary N) is 1. The zero-order valence-corrected chi connectivity index (χ0v) is 9.27. The summed E-state index contributed by atoms with van der Waals surface area (Å²) in [7, 11) is 0. The number of hydrogen-bond donors (Lipinski definition) is 1. The van der Waals surface area contributed by atoms with Crippen molar-refractivity contribution in [2.75, 3.05) is 6.54 Å². The second-order valence-electron chi connectivity index (χ2n) is 5.32. The van der Waals surface area contributed by atoms with Crippen LogP contribution in [0.5, 0.6) is 0 Å². The molecule has 1 unspecified atom stereocenters. The van der Waals surface area contributed by atoms with E-state index >= 15 is 0 Å². The molecule has 0 aliphatic carbocycles. The molecule has 0 aliphatic heterocycles. The van der Waals surface area contributed by atoms with Crippen LogP contribution in [0, 0.1) is 5.41 Å². The molecular formula is C10H23NO. The fourth-order valence-electron chi connectivity index (χ4n) is 1.01. The van der Waals surface area contributed by atoms with Crippen LogP contribution in [0.3, 0.4) is 0 Å². The summed E-state index contributed by atoms with van der Waals surface area (Å²) in [5.74, 6) is 0. The Bertz CT molecular complexity index is 130. The van der Waals surface area contributed by atoms with Gasteiger partial charge in [-0.3, -0.25) is 0 Å². The van der Waals surface area contributed by atoms with Gasteiger partial charge in [-0.25, -0.2) is 0 Å². The molecule has 0 saturated heterocycles. The summed E-state index contributed by atoms with van der Waals surface area (Å²) in [5, 5.41) is 0. The van der Waals surface area contributed by atoms with Crippen molar-refractivity contribution in [3.63, 3.8) is 0 Å². The van der Waals surface area contributed by atoms with Crippen LogP contribution in [-0.2, 0) is 4.74 Å². The summed E-state index contributed by atoms with van der Waals surface area (Å²) < 4.78 is 5.83. The van der Waals surface area contributed by atoms with Crippen molar-refractivity contribution in [2.24, 2.45) is 11.1 Å². The Morgan fingerprint density at radius 2 is 1.50 bits per heavy atom. The van der Waals surface area contributed by atoms with Crippen molar-refractivity contribution in [2.45, 2.75) is 53.2 Å². The number of ether oxygens (including phenoxy) is 1. The minimum absolute atomic E-state index is 0.0999. The third-order valence-electron chi connectivity index (χ3n) is 1.68. The third kappa shape index (κ3) is 4.73. The maximum absolute atomic E-state index is 5.83. The number of hydrogen-bond acceptors (Lipinski definition) is 2. The fraction of sp³-hybridized carbons (Fsp3) is 1.00. The van der Waals surface area contributed by atoms with E-state index in [2.05, 4.69) is 41.5 Å². The van der Waals surface area contributed by atoms with Crippen LogP contribution in [0.2, 0.25) is 0 Å². The highest BCUT2D eigenvalue weighted by Crippen LogP contribution is 2.25. The minimum Gasteiger partial charge on any atom is -0.371 e. The molecule has 2 nitrogen and oxygen atoms in total. The van der Waals surface area contributed by atoms with Crippen LogP contribution in [0.4, 0.5) is 0 Å². The first-order valence-corrected chi connectivity index (χ1v) is 4.54. The second-order valence-corrected chi connectivity index (χ2v) is 5.32. The van der Waals surface area contributed by atoms with Crippen LogP contribution < -0.4 is 5.73 Å². The summed E-state index contributed by atoms with van der Waals surface area (Å²) in [6.07, 6.45) is 0.137. The van der Waals surface area contributed by atoms with Gasteiger partial charge in [0.15, 0.2) is 0 Å². The molecule has 0 aromatic carbocycles. The van der Waals surface area contributed by atoms with E-state index in [1.165, 1.54) is 0 Å². The highest BCUT2D eigenvalue weighted by atomic mass is 16.5. The highest BCUT2D eigenvalue weighted by Gasteiger charge is 2.28. The Morgan fingerprint density at radius 1 is 1.08 bits per heavy atom. The van der Waals surface area contributed by atoms with E-state index in [4.69, 9.17) is 10.5 Å². The molecule has 12 heavy (non-hydrogen) atoms. The molecule has 0 aromatic rings. The predicted molar refractivity (Wildman–Crippen MR) is 53.1 cm³/mol. The molecule has 2 N–H and O–H groups in total. The average molecular weight is 173 g/mol. The van der Waals surface area contributed by atoms with Crippen molar-refractivity contribution in [1.29, 1.82) is 0 Å². The molecule has 2 heteroatoms. The Hall–Kier alpha value is -0.0800. The lowest BCUT2D eigenvalue weighted by atomic mass is 9.88. The molecule has 0 saturated carbocycles. The SMILES string of the molecule is CC(C)(C)OC(CN)C(C)(C)C. The van der Waals surface area contributed by atoms with E-state index in [1.54, 1.807) is 0 Å². The average Bonchev–Trinajstić information content (AvgIpc) is 1.78. The molecule has 0 spiro atoms. The molecular weight excluding hydrogens is 150 g/mol. The first-order chi connectivity index (χ1) is 5.17. The molecule has 0 amide bonds. The van der Waals surface area contributed by atoms with Gasteiger partial charge in [-0.15, -0.1) is 0 Å². The van der Waals surface area contributed by atoms with Gasteiger partial charge >= 0.3 is 0 Å². The summed E-state index contributed by atoms with van der Waals surface area (Å²) >= 11 is 0. The highest BCUT2D eigenvalue weighted by molar-refractivity contribution is 4.78. The largest absolute Gasteiger partial charge is 0.371 e. The van der Waals surface area contributed by atoms with E-state index in [1.807, 2.05) is 0 Å². The van der Waals surface area contributed by atoms with Gasteiger partial charge in [0.05, 0.1) is 11.7 Å². The van der Waals surface area contributed by atoms with Gasteiger partial charge < -0.3 is 10.5 Å². The minimum atomic E-state index is -0.0999.